The van der Waals surface area contributed by atoms with E-state index in [9.17, 15) is 15.0 Å². The van der Waals surface area contributed by atoms with Gasteiger partial charge in [-0.15, -0.1) is 0 Å². The number of amides is 1. The van der Waals surface area contributed by atoms with Crippen molar-refractivity contribution in [3.63, 3.8) is 0 Å². The standard InChI is InChI=1S/C17H23ClN2O3/c18-13-4-5-15(21)12(9-13)10-20-8-1-3-14(11-20)19-16(22)17(23)6-2-7-17/h4-5,9,14,21,23H,1-3,6-8,10-11H2,(H,19,22). The highest BCUT2D eigenvalue weighted by Crippen LogP contribution is 2.32. The van der Waals surface area contributed by atoms with E-state index in [0.717, 1.165) is 31.4 Å². The van der Waals surface area contributed by atoms with Gasteiger partial charge >= 0.3 is 0 Å². The molecule has 0 spiro atoms. The molecule has 1 aromatic rings. The Morgan fingerprint density at radius 2 is 2.17 bits per heavy atom. The molecular weight excluding hydrogens is 316 g/mol. The average Bonchev–Trinajstić information content (AvgIpc) is 2.49. The Kier molecular flexibility index (Phi) is 4.80. The van der Waals surface area contributed by atoms with Crippen molar-refractivity contribution in [1.82, 2.24) is 10.2 Å². The Morgan fingerprint density at radius 3 is 2.87 bits per heavy atom. The third-order valence-corrected chi connectivity index (χ3v) is 5.11. The number of nitrogens with one attached hydrogen (secondary N) is 1. The van der Waals surface area contributed by atoms with Gasteiger partial charge in [0.15, 0.2) is 0 Å². The van der Waals surface area contributed by atoms with Crippen LogP contribution in [0.25, 0.3) is 0 Å². The molecule has 1 aliphatic heterocycles. The number of nitrogens with zero attached hydrogens (tertiary/aromatic N) is 1. The fraction of sp³-hybridized carbons (Fsp3) is 0.588. The molecule has 6 heteroatoms. The molecule has 2 fully saturated rings. The Bertz CT molecular complexity index is 589. The first-order chi connectivity index (χ1) is 11.0. The van der Waals surface area contributed by atoms with E-state index in [2.05, 4.69) is 10.2 Å². The maximum atomic E-state index is 12.1. The zero-order valence-corrected chi connectivity index (χ0v) is 13.9. The smallest absolute Gasteiger partial charge is 0.252 e. The first-order valence-electron chi connectivity index (χ1n) is 8.19. The monoisotopic (exact) mass is 338 g/mol. The van der Waals surface area contributed by atoms with Crippen LogP contribution in [0.15, 0.2) is 18.2 Å². The van der Waals surface area contributed by atoms with Crippen molar-refractivity contribution < 1.29 is 15.0 Å². The van der Waals surface area contributed by atoms with Crippen LogP contribution in [0.4, 0.5) is 0 Å². The van der Waals surface area contributed by atoms with Crippen molar-refractivity contribution in [2.45, 2.75) is 50.3 Å². The SMILES string of the molecule is O=C(NC1CCCN(Cc2cc(Cl)ccc2O)C1)C1(O)CCC1. The first kappa shape index (κ1) is 16.6. The molecule has 3 N–H and O–H groups in total. The average molecular weight is 339 g/mol. The summed E-state index contributed by atoms with van der Waals surface area (Å²) in [5.74, 6) is 0.00513. The minimum Gasteiger partial charge on any atom is -0.508 e. The molecule has 1 saturated carbocycles. The highest BCUT2D eigenvalue weighted by molar-refractivity contribution is 6.30. The minimum atomic E-state index is -1.15. The lowest BCUT2D eigenvalue weighted by Crippen LogP contribution is -2.57. The van der Waals surface area contributed by atoms with E-state index >= 15 is 0 Å². The lowest BCUT2D eigenvalue weighted by atomic mass is 9.79. The van der Waals surface area contributed by atoms with Crippen molar-refractivity contribution in [2.24, 2.45) is 0 Å². The third kappa shape index (κ3) is 3.79. The van der Waals surface area contributed by atoms with Crippen molar-refractivity contribution in [2.75, 3.05) is 13.1 Å². The number of benzene rings is 1. The molecule has 1 amide bonds. The predicted molar refractivity (Wildman–Crippen MR) is 88.4 cm³/mol. The molecule has 0 bridgehead atoms. The lowest BCUT2D eigenvalue weighted by Gasteiger charge is -2.38. The fourth-order valence-electron chi connectivity index (χ4n) is 3.30. The quantitative estimate of drug-likeness (QED) is 0.785. The fourth-order valence-corrected chi connectivity index (χ4v) is 3.49. The van der Waals surface area contributed by atoms with E-state index in [1.165, 1.54) is 0 Å². The topological polar surface area (TPSA) is 72.8 Å². The lowest BCUT2D eigenvalue weighted by molar-refractivity contribution is -0.149. The van der Waals surface area contributed by atoms with Gasteiger partial charge in [-0.25, -0.2) is 0 Å². The summed E-state index contributed by atoms with van der Waals surface area (Å²) in [5.41, 5.74) is -0.352. The Morgan fingerprint density at radius 1 is 1.39 bits per heavy atom. The molecule has 5 nitrogen and oxygen atoms in total. The largest absolute Gasteiger partial charge is 0.508 e. The van der Waals surface area contributed by atoms with Crippen LogP contribution in [0.2, 0.25) is 5.02 Å². The summed E-state index contributed by atoms with van der Waals surface area (Å²) >= 11 is 5.99. The zero-order chi connectivity index (χ0) is 16.4. The van der Waals surface area contributed by atoms with Gasteiger partial charge in [0.05, 0.1) is 0 Å². The number of piperidine rings is 1. The Hall–Kier alpha value is -1.30. The summed E-state index contributed by atoms with van der Waals surface area (Å²) in [6.45, 7) is 2.24. The molecule has 23 heavy (non-hydrogen) atoms. The molecule has 1 heterocycles. The van der Waals surface area contributed by atoms with Crippen molar-refractivity contribution in [3.05, 3.63) is 28.8 Å². The molecule has 1 aromatic carbocycles. The van der Waals surface area contributed by atoms with Crippen LogP contribution in [0, 0.1) is 0 Å². The number of aromatic hydroxyl groups is 1. The number of carbonyl (C=O) groups is 1. The number of likely N-dealkylation sites (tertiary alicyclic amines) is 1. The number of halogens is 1. The van der Waals surface area contributed by atoms with Crippen LogP contribution < -0.4 is 5.32 Å². The molecule has 3 rings (SSSR count). The van der Waals surface area contributed by atoms with Gasteiger partial charge in [-0.05, 0) is 56.8 Å². The molecule has 0 aromatic heterocycles. The van der Waals surface area contributed by atoms with Crippen molar-refractivity contribution in [1.29, 1.82) is 0 Å². The maximum absolute atomic E-state index is 12.1. The molecule has 1 atom stereocenters. The van der Waals surface area contributed by atoms with Gasteiger partial charge < -0.3 is 15.5 Å². The number of carbonyl (C=O) groups excluding carboxylic acids is 1. The second-order valence-corrected chi connectivity index (χ2v) is 7.14. The van der Waals surface area contributed by atoms with Crippen LogP contribution in [-0.4, -0.2) is 45.8 Å². The second-order valence-electron chi connectivity index (χ2n) is 6.71. The van der Waals surface area contributed by atoms with Gasteiger partial charge in [-0.3, -0.25) is 9.69 Å². The summed E-state index contributed by atoms with van der Waals surface area (Å²) in [7, 11) is 0. The van der Waals surface area contributed by atoms with Crippen LogP contribution in [-0.2, 0) is 11.3 Å². The highest BCUT2D eigenvalue weighted by atomic mass is 35.5. The van der Waals surface area contributed by atoms with Crippen LogP contribution in [0.5, 0.6) is 5.75 Å². The highest BCUT2D eigenvalue weighted by Gasteiger charge is 2.42. The molecule has 1 saturated heterocycles. The molecule has 1 unspecified atom stereocenters. The molecule has 126 valence electrons. The molecule has 2 aliphatic rings. The number of hydrogen-bond donors (Lipinski definition) is 3. The number of aliphatic hydroxyl groups is 1. The van der Waals surface area contributed by atoms with E-state index < -0.39 is 5.60 Å². The molecule has 1 aliphatic carbocycles. The minimum absolute atomic E-state index is 0.0437. The van der Waals surface area contributed by atoms with Crippen LogP contribution >= 0.6 is 11.6 Å². The van der Waals surface area contributed by atoms with Gasteiger partial charge in [0.25, 0.3) is 5.91 Å². The van der Waals surface area contributed by atoms with E-state index in [1.54, 1.807) is 18.2 Å². The summed E-state index contributed by atoms with van der Waals surface area (Å²) in [5, 5.41) is 23.6. The Balaban J connectivity index is 1.57. The van der Waals surface area contributed by atoms with Gasteiger partial charge in [0, 0.05) is 29.7 Å². The number of phenols is 1. The number of hydrogen-bond acceptors (Lipinski definition) is 4. The van der Waals surface area contributed by atoms with Gasteiger partial charge in [0.2, 0.25) is 0 Å². The molecular formula is C17H23ClN2O3. The van der Waals surface area contributed by atoms with E-state index in [-0.39, 0.29) is 17.7 Å². The summed E-state index contributed by atoms with van der Waals surface area (Å²) in [4.78, 5) is 14.3. The van der Waals surface area contributed by atoms with Crippen molar-refractivity contribution >= 4 is 17.5 Å². The van der Waals surface area contributed by atoms with Crippen molar-refractivity contribution in [3.8, 4) is 5.75 Å². The number of rotatable bonds is 4. The normalized spacial score (nSPS) is 24.0. The summed E-state index contributed by atoms with van der Waals surface area (Å²) in [6, 6.07) is 5.09. The van der Waals surface area contributed by atoms with E-state index in [4.69, 9.17) is 11.6 Å². The van der Waals surface area contributed by atoms with Gasteiger partial charge in [0.1, 0.15) is 11.4 Å². The predicted octanol–water partition coefficient (Wildman–Crippen LogP) is 2.04. The van der Waals surface area contributed by atoms with Gasteiger partial charge in [-0.1, -0.05) is 11.6 Å². The van der Waals surface area contributed by atoms with Gasteiger partial charge in [-0.2, -0.15) is 0 Å². The summed E-state index contributed by atoms with van der Waals surface area (Å²) in [6.07, 6.45) is 3.93. The number of phenolic OH excluding ortho intramolecular Hbond substituents is 1. The van der Waals surface area contributed by atoms with Crippen LogP contribution in [0.1, 0.15) is 37.7 Å². The second kappa shape index (κ2) is 6.67. The Labute approximate surface area is 141 Å². The van der Waals surface area contributed by atoms with E-state index in [1.807, 2.05) is 0 Å². The maximum Gasteiger partial charge on any atom is 0.252 e. The summed E-state index contributed by atoms with van der Waals surface area (Å²) < 4.78 is 0. The zero-order valence-electron chi connectivity index (χ0n) is 13.1. The molecule has 0 radical (unpaired) electrons. The third-order valence-electron chi connectivity index (χ3n) is 4.88. The first-order valence-corrected chi connectivity index (χ1v) is 8.57. The van der Waals surface area contributed by atoms with Crippen LogP contribution in [0.3, 0.4) is 0 Å². The van der Waals surface area contributed by atoms with E-state index in [0.29, 0.717) is 31.0 Å².